The predicted octanol–water partition coefficient (Wildman–Crippen LogP) is 3.42. The summed E-state index contributed by atoms with van der Waals surface area (Å²) in [5, 5.41) is 20.1. The Kier molecular flexibility index (Phi) is 5.03. The molecule has 1 unspecified atom stereocenters. The molecule has 1 heterocycles. The molecule has 1 amide bonds. The lowest BCUT2D eigenvalue weighted by Gasteiger charge is -2.17. The molecule has 8 heteroatoms. The number of hydrogen-bond acceptors (Lipinski definition) is 5. The van der Waals surface area contributed by atoms with Gasteiger partial charge in [-0.15, -0.1) is 5.10 Å². The van der Waals surface area contributed by atoms with Crippen LogP contribution in [0.15, 0.2) is 72.8 Å². The van der Waals surface area contributed by atoms with Gasteiger partial charge in [-0.2, -0.15) is 0 Å². The van der Waals surface area contributed by atoms with Crippen LogP contribution in [0.2, 0.25) is 0 Å². The lowest BCUT2D eigenvalue weighted by atomic mass is 9.98. The van der Waals surface area contributed by atoms with Crippen LogP contribution in [-0.4, -0.2) is 44.8 Å². The summed E-state index contributed by atoms with van der Waals surface area (Å²) in [7, 11) is 0. The van der Waals surface area contributed by atoms with E-state index in [2.05, 4.69) is 27.8 Å². The van der Waals surface area contributed by atoms with Crippen LogP contribution in [-0.2, 0) is 16.1 Å². The fourth-order valence-electron chi connectivity index (χ4n) is 4.19. The maximum atomic E-state index is 12.5. The Bertz CT molecular complexity index is 1270. The Morgan fingerprint density at radius 1 is 0.969 bits per heavy atom. The summed E-state index contributed by atoms with van der Waals surface area (Å²) in [5.74, 6) is -1.28. The second-order valence-corrected chi connectivity index (χ2v) is 7.62. The van der Waals surface area contributed by atoms with E-state index in [9.17, 15) is 14.7 Å². The molecular weight excluding hydrogens is 408 g/mol. The van der Waals surface area contributed by atoms with Crippen molar-refractivity contribution in [3.8, 4) is 11.1 Å². The third-order valence-corrected chi connectivity index (χ3v) is 5.71. The molecule has 1 atom stereocenters. The number of carbonyl (C=O) groups excluding carboxylic acids is 1. The first-order valence-corrected chi connectivity index (χ1v) is 10.2. The molecule has 3 aromatic carbocycles. The first-order valence-electron chi connectivity index (χ1n) is 10.2. The lowest BCUT2D eigenvalue weighted by Crippen LogP contribution is -2.44. The number of fused-ring (bicyclic) bond motifs is 4. The number of alkyl carbamates (subject to hydrolysis) is 1. The summed E-state index contributed by atoms with van der Waals surface area (Å²) in [4.78, 5) is 24.2. The van der Waals surface area contributed by atoms with Crippen LogP contribution < -0.4 is 5.32 Å². The average Bonchev–Trinajstić information content (AvgIpc) is 3.36. The molecule has 1 aromatic heterocycles. The van der Waals surface area contributed by atoms with Crippen LogP contribution in [0.4, 0.5) is 4.79 Å². The Hall–Kier alpha value is -4.20. The second kappa shape index (κ2) is 8.14. The van der Waals surface area contributed by atoms with E-state index < -0.39 is 18.1 Å². The molecule has 1 aliphatic rings. The van der Waals surface area contributed by atoms with Crippen molar-refractivity contribution in [1.29, 1.82) is 0 Å². The predicted molar refractivity (Wildman–Crippen MR) is 117 cm³/mol. The molecular formula is C24H20N4O4. The highest BCUT2D eigenvalue weighted by Gasteiger charge is 2.30. The number of rotatable bonds is 6. The highest BCUT2D eigenvalue weighted by molar-refractivity contribution is 5.81. The highest BCUT2D eigenvalue weighted by Crippen LogP contribution is 2.44. The molecule has 0 spiro atoms. The van der Waals surface area contributed by atoms with Crippen molar-refractivity contribution in [3.05, 3.63) is 83.9 Å². The first-order chi connectivity index (χ1) is 15.6. The zero-order valence-electron chi connectivity index (χ0n) is 17.0. The molecule has 0 fully saturated rings. The van der Waals surface area contributed by atoms with E-state index >= 15 is 0 Å². The van der Waals surface area contributed by atoms with Crippen LogP contribution in [0.5, 0.6) is 0 Å². The van der Waals surface area contributed by atoms with Crippen molar-refractivity contribution in [2.24, 2.45) is 0 Å². The Morgan fingerprint density at radius 3 is 2.28 bits per heavy atom. The van der Waals surface area contributed by atoms with Crippen LogP contribution >= 0.6 is 0 Å². The Labute approximate surface area is 183 Å². The fraction of sp³-hybridized carbons (Fsp3) is 0.167. The average molecular weight is 428 g/mol. The molecule has 0 saturated carbocycles. The summed E-state index contributed by atoms with van der Waals surface area (Å²) in [6, 6.07) is 22.0. The summed E-state index contributed by atoms with van der Waals surface area (Å²) < 4.78 is 6.92. The SMILES string of the molecule is O=C(NC(Cn1nnc2ccccc21)C(=O)O)OCC1c2ccccc2-c2ccccc21. The van der Waals surface area contributed by atoms with Crippen molar-refractivity contribution >= 4 is 23.1 Å². The van der Waals surface area contributed by atoms with E-state index in [1.807, 2.05) is 48.5 Å². The van der Waals surface area contributed by atoms with Gasteiger partial charge in [0, 0.05) is 5.92 Å². The number of carboxylic acid groups (broad SMARTS) is 1. The standard InChI is InChI=1S/C24H20N4O4/c29-23(30)21(13-28-22-12-6-5-11-20(22)26-27-28)25-24(31)32-14-19-17-9-3-1-7-15(17)16-8-2-4-10-18(16)19/h1-12,19,21H,13-14H2,(H,25,31)(H,29,30). The number of ether oxygens (including phenoxy) is 1. The van der Waals surface area contributed by atoms with Crippen molar-refractivity contribution in [3.63, 3.8) is 0 Å². The van der Waals surface area contributed by atoms with Crippen molar-refractivity contribution in [2.45, 2.75) is 18.5 Å². The zero-order valence-corrected chi connectivity index (χ0v) is 17.0. The van der Waals surface area contributed by atoms with Gasteiger partial charge in [-0.1, -0.05) is 65.9 Å². The number of aliphatic carboxylic acids is 1. The minimum absolute atomic E-state index is 0.0694. The number of hydrogen-bond donors (Lipinski definition) is 2. The van der Waals surface area contributed by atoms with Crippen LogP contribution in [0.3, 0.4) is 0 Å². The van der Waals surface area contributed by atoms with Crippen molar-refractivity contribution in [2.75, 3.05) is 6.61 Å². The van der Waals surface area contributed by atoms with Crippen LogP contribution in [0.25, 0.3) is 22.2 Å². The quantitative estimate of drug-likeness (QED) is 0.487. The van der Waals surface area contributed by atoms with Gasteiger partial charge in [0.2, 0.25) is 0 Å². The molecule has 0 saturated heterocycles. The van der Waals surface area contributed by atoms with E-state index in [4.69, 9.17) is 4.74 Å². The maximum Gasteiger partial charge on any atom is 0.407 e. The number of para-hydroxylation sites is 1. The second-order valence-electron chi connectivity index (χ2n) is 7.62. The smallest absolute Gasteiger partial charge is 0.407 e. The fourth-order valence-corrected chi connectivity index (χ4v) is 4.19. The van der Waals surface area contributed by atoms with Gasteiger partial charge in [0.05, 0.1) is 12.1 Å². The van der Waals surface area contributed by atoms with Gasteiger partial charge in [0.25, 0.3) is 0 Å². The summed E-state index contributed by atoms with van der Waals surface area (Å²) in [6.45, 7) is 0.0402. The number of nitrogens with one attached hydrogen (secondary N) is 1. The van der Waals surface area contributed by atoms with E-state index in [1.165, 1.54) is 4.68 Å². The molecule has 0 bridgehead atoms. The molecule has 160 valence electrons. The highest BCUT2D eigenvalue weighted by atomic mass is 16.5. The largest absolute Gasteiger partial charge is 0.480 e. The maximum absolute atomic E-state index is 12.5. The van der Waals surface area contributed by atoms with E-state index in [0.717, 1.165) is 22.3 Å². The summed E-state index contributed by atoms with van der Waals surface area (Å²) >= 11 is 0. The Morgan fingerprint density at radius 2 is 1.59 bits per heavy atom. The number of amides is 1. The molecule has 4 aromatic rings. The molecule has 0 radical (unpaired) electrons. The number of carboxylic acids is 1. The lowest BCUT2D eigenvalue weighted by molar-refractivity contribution is -0.139. The number of benzene rings is 3. The molecule has 5 rings (SSSR count). The van der Waals surface area contributed by atoms with Crippen LogP contribution in [0, 0.1) is 0 Å². The minimum atomic E-state index is -1.21. The topological polar surface area (TPSA) is 106 Å². The number of nitrogens with zero attached hydrogens (tertiary/aromatic N) is 3. The Balaban J connectivity index is 1.28. The summed E-state index contributed by atoms with van der Waals surface area (Å²) in [5.41, 5.74) is 5.76. The number of carbonyl (C=O) groups is 2. The van der Waals surface area contributed by atoms with Gasteiger partial charge >= 0.3 is 12.1 Å². The summed E-state index contributed by atoms with van der Waals surface area (Å²) in [6.07, 6.45) is -0.788. The number of aromatic nitrogens is 3. The molecule has 8 nitrogen and oxygen atoms in total. The molecule has 32 heavy (non-hydrogen) atoms. The molecule has 0 aliphatic heterocycles. The third kappa shape index (κ3) is 3.56. The van der Waals surface area contributed by atoms with E-state index in [1.54, 1.807) is 12.1 Å². The van der Waals surface area contributed by atoms with Gasteiger partial charge in [-0.3, -0.25) is 0 Å². The van der Waals surface area contributed by atoms with Crippen molar-refractivity contribution in [1.82, 2.24) is 20.3 Å². The normalized spacial score (nSPS) is 13.4. The zero-order chi connectivity index (χ0) is 22.1. The minimum Gasteiger partial charge on any atom is -0.480 e. The van der Waals surface area contributed by atoms with E-state index in [0.29, 0.717) is 11.0 Å². The van der Waals surface area contributed by atoms with Crippen molar-refractivity contribution < 1.29 is 19.4 Å². The monoisotopic (exact) mass is 428 g/mol. The van der Waals surface area contributed by atoms with Crippen LogP contribution in [0.1, 0.15) is 17.0 Å². The molecule has 1 aliphatic carbocycles. The van der Waals surface area contributed by atoms with Gasteiger partial charge in [0.15, 0.2) is 0 Å². The van der Waals surface area contributed by atoms with Gasteiger partial charge in [-0.25, -0.2) is 14.3 Å². The molecule has 2 N–H and O–H groups in total. The van der Waals surface area contributed by atoms with Gasteiger partial charge < -0.3 is 15.2 Å². The van der Waals surface area contributed by atoms with Gasteiger partial charge in [0.1, 0.15) is 18.2 Å². The van der Waals surface area contributed by atoms with E-state index in [-0.39, 0.29) is 19.1 Å². The third-order valence-electron chi connectivity index (χ3n) is 5.71. The van der Waals surface area contributed by atoms with Gasteiger partial charge in [-0.05, 0) is 34.4 Å². The first kappa shape index (κ1) is 19.7.